The molecular weight excluding hydrogens is 380 g/mol. The van der Waals surface area contributed by atoms with E-state index in [0.717, 1.165) is 43.3 Å². The molecule has 2 aromatic rings. The van der Waals surface area contributed by atoms with E-state index in [2.05, 4.69) is 10.1 Å². The Morgan fingerprint density at radius 1 is 1.14 bits per heavy atom. The second-order valence-corrected chi connectivity index (χ2v) is 7.96. The summed E-state index contributed by atoms with van der Waals surface area (Å²) in [5.74, 6) is -1.50. The molecule has 0 spiro atoms. The first-order valence-corrected chi connectivity index (χ1v) is 10.1. The zero-order chi connectivity index (χ0) is 20.4. The van der Waals surface area contributed by atoms with Gasteiger partial charge in [0.2, 0.25) is 5.76 Å². The van der Waals surface area contributed by atoms with E-state index in [9.17, 15) is 18.7 Å². The molecule has 29 heavy (non-hydrogen) atoms. The summed E-state index contributed by atoms with van der Waals surface area (Å²) >= 11 is 0. The number of rotatable bonds is 4. The SMILES string of the molecule is O=C(c1cc([C@H]2CCCN(Cc3ccc(F)c(F)c3)C2)no1)N1CCC(O)CC1. The molecule has 2 fully saturated rings. The Kier molecular flexibility index (Phi) is 5.91. The minimum atomic E-state index is -0.840. The number of carbonyl (C=O) groups excluding carboxylic acids is 1. The smallest absolute Gasteiger partial charge is 0.292 e. The molecule has 0 saturated carbocycles. The summed E-state index contributed by atoms with van der Waals surface area (Å²) < 4.78 is 31.9. The predicted molar refractivity (Wildman–Crippen MR) is 101 cm³/mol. The van der Waals surface area contributed by atoms with Gasteiger partial charge in [-0.3, -0.25) is 9.69 Å². The molecule has 1 aromatic carbocycles. The number of aliphatic hydroxyl groups is 1. The summed E-state index contributed by atoms with van der Waals surface area (Å²) in [5, 5.41) is 13.7. The van der Waals surface area contributed by atoms with Crippen molar-refractivity contribution in [3.05, 3.63) is 52.9 Å². The van der Waals surface area contributed by atoms with Crippen molar-refractivity contribution in [1.82, 2.24) is 15.0 Å². The molecule has 8 heteroatoms. The van der Waals surface area contributed by atoms with E-state index in [-0.39, 0.29) is 23.7 Å². The molecule has 6 nitrogen and oxygen atoms in total. The van der Waals surface area contributed by atoms with E-state index < -0.39 is 11.6 Å². The molecule has 1 atom stereocenters. The monoisotopic (exact) mass is 405 g/mol. The fourth-order valence-corrected chi connectivity index (χ4v) is 4.14. The summed E-state index contributed by atoms with van der Waals surface area (Å²) in [6.45, 7) is 3.15. The molecule has 0 bridgehead atoms. The van der Waals surface area contributed by atoms with Crippen molar-refractivity contribution in [3.63, 3.8) is 0 Å². The van der Waals surface area contributed by atoms with Gasteiger partial charge in [-0.05, 0) is 49.9 Å². The number of aliphatic hydroxyl groups excluding tert-OH is 1. The van der Waals surface area contributed by atoms with Gasteiger partial charge in [0.25, 0.3) is 5.91 Å². The number of hydrogen-bond acceptors (Lipinski definition) is 5. The molecule has 156 valence electrons. The average molecular weight is 405 g/mol. The molecule has 0 aliphatic carbocycles. The predicted octanol–water partition coefficient (Wildman–Crippen LogP) is 2.93. The van der Waals surface area contributed by atoms with Gasteiger partial charge in [-0.15, -0.1) is 0 Å². The van der Waals surface area contributed by atoms with Crippen molar-refractivity contribution in [1.29, 1.82) is 0 Å². The van der Waals surface area contributed by atoms with Gasteiger partial charge in [0.15, 0.2) is 11.6 Å². The lowest BCUT2D eigenvalue weighted by Gasteiger charge is -2.31. The van der Waals surface area contributed by atoms with Gasteiger partial charge in [0.05, 0.1) is 11.8 Å². The molecule has 2 aliphatic heterocycles. The molecule has 2 saturated heterocycles. The van der Waals surface area contributed by atoms with Crippen molar-refractivity contribution < 1.29 is 23.2 Å². The zero-order valence-corrected chi connectivity index (χ0v) is 16.2. The molecule has 4 rings (SSSR count). The number of nitrogens with zero attached hydrogens (tertiary/aromatic N) is 3. The van der Waals surface area contributed by atoms with Crippen LogP contribution < -0.4 is 0 Å². The molecule has 0 unspecified atom stereocenters. The Morgan fingerprint density at radius 2 is 1.93 bits per heavy atom. The van der Waals surface area contributed by atoms with Crippen LogP contribution in [0.5, 0.6) is 0 Å². The Morgan fingerprint density at radius 3 is 2.69 bits per heavy atom. The number of benzene rings is 1. The van der Waals surface area contributed by atoms with E-state index in [1.807, 2.05) is 0 Å². The van der Waals surface area contributed by atoms with Gasteiger partial charge >= 0.3 is 0 Å². The lowest BCUT2D eigenvalue weighted by molar-refractivity contribution is 0.0512. The summed E-state index contributed by atoms with van der Waals surface area (Å²) in [6.07, 6.45) is 2.70. The number of amides is 1. The van der Waals surface area contributed by atoms with Crippen molar-refractivity contribution in [2.45, 2.75) is 44.2 Å². The third-order valence-corrected chi connectivity index (χ3v) is 5.80. The summed E-state index contributed by atoms with van der Waals surface area (Å²) in [5.41, 5.74) is 1.48. The Bertz CT molecular complexity index is 865. The fraction of sp³-hybridized carbons (Fsp3) is 0.524. The largest absolute Gasteiger partial charge is 0.393 e. The van der Waals surface area contributed by atoms with Crippen LogP contribution in [0.25, 0.3) is 0 Å². The number of aromatic nitrogens is 1. The number of hydrogen-bond donors (Lipinski definition) is 1. The lowest BCUT2D eigenvalue weighted by atomic mass is 9.94. The number of halogens is 2. The van der Waals surface area contributed by atoms with E-state index in [4.69, 9.17) is 4.52 Å². The van der Waals surface area contributed by atoms with E-state index >= 15 is 0 Å². The van der Waals surface area contributed by atoms with Crippen LogP contribution in [0.3, 0.4) is 0 Å². The second kappa shape index (κ2) is 8.59. The normalized spacial score (nSPS) is 21.5. The average Bonchev–Trinajstić information content (AvgIpc) is 3.21. The Hall–Kier alpha value is -2.32. The maximum Gasteiger partial charge on any atom is 0.292 e. The highest BCUT2D eigenvalue weighted by Crippen LogP contribution is 2.28. The van der Waals surface area contributed by atoms with Gasteiger partial charge in [-0.2, -0.15) is 0 Å². The molecule has 0 radical (unpaired) electrons. The highest BCUT2D eigenvalue weighted by Gasteiger charge is 2.28. The zero-order valence-electron chi connectivity index (χ0n) is 16.2. The van der Waals surface area contributed by atoms with Crippen molar-refractivity contribution in [2.75, 3.05) is 26.2 Å². The highest BCUT2D eigenvalue weighted by molar-refractivity contribution is 5.91. The van der Waals surface area contributed by atoms with Crippen LogP contribution in [0.1, 0.15) is 53.4 Å². The van der Waals surface area contributed by atoms with Crippen LogP contribution in [-0.4, -0.2) is 58.3 Å². The number of piperidine rings is 2. The molecule has 1 aromatic heterocycles. The molecule has 1 amide bonds. The Labute approximate surface area is 168 Å². The van der Waals surface area contributed by atoms with Crippen LogP contribution in [-0.2, 0) is 6.54 Å². The minimum absolute atomic E-state index is 0.127. The van der Waals surface area contributed by atoms with Crippen LogP contribution in [0, 0.1) is 11.6 Å². The number of carbonyl (C=O) groups is 1. The Balaban J connectivity index is 1.38. The molecule has 1 N–H and O–H groups in total. The van der Waals surface area contributed by atoms with Gasteiger partial charge in [0.1, 0.15) is 0 Å². The summed E-state index contributed by atoms with van der Waals surface area (Å²) in [4.78, 5) is 16.5. The second-order valence-electron chi connectivity index (χ2n) is 7.96. The molecule has 3 heterocycles. The van der Waals surface area contributed by atoms with Crippen LogP contribution >= 0.6 is 0 Å². The quantitative estimate of drug-likeness (QED) is 0.847. The first-order valence-electron chi connectivity index (χ1n) is 10.1. The van der Waals surface area contributed by atoms with E-state index in [1.54, 1.807) is 17.0 Å². The topological polar surface area (TPSA) is 69.8 Å². The van der Waals surface area contributed by atoms with Crippen LogP contribution in [0.2, 0.25) is 0 Å². The third-order valence-electron chi connectivity index (χ3n) is 5.80. The van der Waals surface area contributed by atoms with Crippen LogP contribution in [0.4, 0.5) is 8.78 Å². The van der Waals surface area contributed by atoms with Gasteiger partial charge in [-0.25, -0.2) is 8.78 Å². The maximum absolute atomic E-state index is 13.5. The molecule has 2 aliphatic rings. The third kappa shape index (κ3) is 4.64. The first kappa shape index (κ1) is 20.0. The van der Waals surface area contributed by atoms with Crippen LogP contribution in [0.15, 0.2) is 28.8 Å². The molecular formula is C21H25F2N3O3. The lowest BCUT2D eigenvalue weighted by Crippen LogP contribution is -2.39. The van der Waals surface area contributed by atoms with Gasteiger partial charge < -0.3 is 14.5 Å². The summed E-state index contributed by atoms with van der Waals surface area (Å²) in [7, 11) is 0. The fourth-order valence-electron chi connectivity index (χ4n) is 4.14. The number of likely N-dealkylation sites (tertiary alicyclic amines) is 2. The standard InChI is InChI=1S/C21H25F2N3O3/c22-17-4-3-14(10-18(17)23)12-25-7-1-2-15(13-25)19-11-20(29-24-19)21(28)26-8-5-16(27)6-9-26/h3-4,10-11,15-16,27H,1-2,5-9,12-13H2/t15-/m0/s1. The van der Waals surface area contributed by atoms with Gasteiger partial charge in [-0.1, -0.05) is 11.2 Å². The maximum atomic E-state index is 13.5. The van der Waals surface area contributed by atoms with Crippen molar-refractivity contribution in [3.8, 4) is 0 Å². The van der Waals surface area contributed by atoms with Crippen molar-refractivity contribution in [2.24, 2.45) is 0 Å². The minimum Gasteiger partial charge on any atom is -0.393 e. The van der Waals surface area contributed by atoms with E-state index in [0.29, 0.717) is 32.5 Å². The van der Waals surface area contributed by atoms with Crippen molar-refractivity contribution >= 4 is 5.91 Å². The first-order chi connectivity index (χ1) is 14.0. The summed E-state index contributed by atoms with van der Waals surface area (Å²) in [6, 6.07) is 5.71. The van der Waals surface area contributed by atoms with Gasteiger partial charge in [0, 0.05) is 38.2 Å². The highest BCUT2D eigenvalue weighted by atomic mass is 19.2. The van der Waals surface area contributed by atoms with E-state index in [1.165, 1.54) is 6.07 Å².